The largest absolute Gasteiger partial charge is 0.343 e. The Bertz CT molecular complexity index is 526. The van der Waals surface area contributed by atoms with E-state index in [1.54, 1.807) is 0 Å². The molecule has 0 aromatic rings. The van der Waals surface area contributed by atoms with Crippen molar-refractivity contribution in [2.24, 2.45) is 46.8 Å². The molecular weight excluding hydrogens is 318 g/mol. The van der Waals surface area contributed by atoms with Crippen LogP contribution in [0.1, 0.15) is 85.5 Å². The molecule has 0 spiro atoms. The van der Waals surface area contributed by atoms with Crippen LogP contribution in [0, 0.1) is 46.8 Å². The number of hydrogen-bond donors (Lipinski definition) is 0. The Morgan fingerprint density at radius 3 is 2.38 bits per heavy atom. The summed E-state index contributed by atoms with van der Waals surface area (Å²) >= 11 is 0. The first-order valence-electron chi connectivity index (χ1n) is 11.8. The molecule has 0 aromatic carbocycles. The van der Waals surface area contributed by atoms with Gasteiger partial charge in [0.25, 0.3) is 0 Å². The zero-order valence-electron chi connectivity index (χ0n) is 17.7. The van der Waals surface area contributed by atoms with Gasteiger partial charge in [-0.3, -0.25) is 4.79 Å². The standard InChI is InChI=1S/C24H41NO/c1-5-25(6-2)23(26)22-12-11-21-20-10-8-17-15-16(3)7-9-18(17)19(20)13-14-24(21,22)4/h16-22H,5-15H2,1-4H3. The minimum Gasteiger partial charge on any atom is -0.343 e. The molecule has 2 nitrogen and oxygen atoms in total. The zero-order valence-corrected chi connectivity index (χ0v) is 17.7. The Morgan fingerprint density at radius 2 is 1.65 bits per heavy atom. The molecule has 0 aromatic heterocycles. The van der Waals surface area contributed by atoms with Crippen molar-refractivity contribution >= 4 is 5.91 Å². The van der Waals surface area contributed by atoms with Crippen molar-refractivity contribution in [3.63, 3.8) is 0 Å². The summed E-state index contributed by atoms with van der Waals surface area (Å²) in [6.45, 7) is 11.0. The fourth-order valence-corrected chi connectivity index (χ4v) is 8.25. The van der Waals surface area contributed by atoms with Crippen molar-refractivity contribution in [2.75, 3.05) is 13.1 Å². The van der Waals surface area contributed by atoms with E-state index in [0.717, 1.165) is 55.0 Å². The maximum atomic E-state index is 13.2. The molecule has 0 heterocycles. The van der Waals surface area contributed by atoms with Crippen molar-refractivity contribution in [3.8, 4) is 0 Å². The quantitative estimate of drug-likeness (QED) is 0.627. The van der Waals surface area contributed by atoms with Gasteiger partial charge in [-0.05, 0) is 106 Å². The van der Waals surface area contributed by atoms with Crippen LogP contribution in [0.3, 0.4) is 0 Å². The molecule has 4 aliphatic carbocycles. The fraction of sp³-hybridized carbons (Fsp3) is 0.958. The number of hydrogen-bond acceptors (Lipinski definition) is 1. The molecule has 2 heteroatoms. The lowest BCUT2D eigenvalue weighted by Crippen LogP contribution is -2.50. The predicted molar refractivity (Wildman–Crippen MR) is 108 cm³/mol. The number of carbonyl (C=O) groups is 1. The van der Waals surface area contributed by atoms with Crippen LogP contribution >= 0.6 is 0 Å². The average Bonchev–Trinajstić information content (AvgIpc) is 2.99. The lowest BCUT2D eigenvalue weighted by atomic mass is 9.49. The van der Waals surface area contributed by atoms with Gasteiger partial charge < -0.3 is 4.90 Å². The van der Waals surface area contributed by atoms with Gasteiger partial charge in [0.05, 0.1) is 0 Å². The molecule has 0 bridgehead atoms. The van der Waals surface area contributed by atoms with Gasteiger partial charge in [0.1, 0.15) is 0 Å². The number of nitrogens with zero attached hydrogens (tertiary/aromatic N) is 1. The van der Waals surface area contributed by atoms with Crippen molar-refractivity contribution < 1.29 is 4.79 Å². The van der Waals surface area contributed by atoms with Gasteiger partial charge in [0, 0.05) is 19.0 Å². The summed E-state index contributed by atoms with van der Waals surface area (Å²) in [5, 5.41) is 0. The summed E-state index contributed by atoms with van der Waals surface area (Å²) in [4.78, 5) is 15.3. The van der Waals surface area contributed by atoms with Crippen LogP contribution in [0.15, 0.2) is 0 Å². The summed E-state index contributed by atoms with van der Waals surface area (Å²) in [6.07, 6.45) is 12.6. The maximum absolute atomic E-state index is 13.2. The first-order chi connectivity index (χ1) is 12.5. The monoisotopic (exact) mass is 359 g/mol. The summed E-state index contributed by atoms with van der Waals surface area (Å²) in [5.74, 6) is 6.52. The second-order valence-electron chi connectivity index (χ2n) is 10.5. The van der Waals surface area contributed by atoms with E-state index in [1.807, 2.05) is 0 Å². The molecule has 4 saturated carbocycles. The van der Waals surface area contributed by atoms with E-state index in [0.29, 0.717) is 11.8 Å². The summed E-state index contributed by atoms with van der Waals surface area (Å²) in [5.41, 5.74) is 0.287. The van der Waals surface area contributed by atoms with E-state index < -0.39 is 0 Å². The van der Waals surface area contributed by atoms with Gasteiger partial charge in [0.2, 0.25) is 5.91 Å². The Morgan fingerprint density at radius 1 is 0.923 bits per heavy atom. The lowest BCUT2D eigenvalue weighted by Gasteiger charge is -2.56. The third kappa shape index (κ3) is 2.85. The summed E-state index contributed by atoms with van der Waals surface area (Å²) in [7, 11) is 0. The van der Waals surface area contributed by atoms with Gasteiger partial charge in [-0.1, -0.05) is 20.3 Å². The first-order valence-corrected chi connectivity index (χ1v) is 11.8. The number of amides is 1. The SMILES string of the molecule is CCN(CC)C(=O)C1CCC2C3CCC4CC(C)CCC4C3CCC12C. The maximum Gasteiger partial charge on any atom is 0.226 e. The third-order valence-electron chi connectivity index (χ3n) is 9.59. The van der Waals surface area contributed by atoms with Crippen LogP contribution in [0.25, 0.3) is 0 Å². The second-order valence-corrected chi connectivity index (χ2v) is 10.5. The highest BCUT2D eigenvalue weighted by atomic mass is 16.2. The summed E-state index contributed by atoms with van der Waals surface area (Å²) in [6, 6.07) is 0. The molecule has 8 atom stereocenters. The minimum absolute atomic E-state index is 0.287. The van der Waals surface area contributed by atoms with Crippen LogP contribution in [0.4, 0.5) is 0 Å². The van der Waals surface area contributed by atoms with Crippen LogP contribution < -0.4 is 0 Å². The van der Waals surface area contributed by atoms with E-state index >= 15 is 0 Å². The predicted octanol–water partition coefficient (Wildman–Crippen LogP) is 5.76. The van der Waals surface area contributed by atoms with E-state index in [-0.39, 0.29) is 5.41 Å². The zero-order chi connectivity index (χ0) is 18.5. The number of carbonyl (C=O) groups excluding carboxylic acids is 1. The van der Waals surface area contributed by atoms with Gasteiger partial charge in [0.15, 0.2) is 0 Å². The van der Waals surface area contributed by atoms with E-state index in [4.69, 9.17) is 0 Å². The highest BCUT2D eigenvalue weighted by molar-refractivity contribution is 5.80. The molecule has 4 rings (SSSR count). The Hall–Kier alpha value is -0.530. The third-order valence-corrected chi connectivity index (χ3v) is 9.59. The molecule has 0 N–H and O–H groups in total. The highest BCUT2D eigenvalue weighted by Crippen LogP contribution is 2.64. The minimum atomic E-state index is 0.287. The van der Waals surface area contributed by atoms with Gasteiger partial charge in [-0.15, -0.1) is 0 Å². The normalized spacial score (nSPS) is 47.6. The van der Waals surface area contributed by atoms with Crippen molar-refractivity contribution in [3.05, 3.63) is 0 Å². The van der Waals surface area contributed by atoms with Crippen molar-refractivity contribution in [1.82, 2.24) is 4.90 Å². The molecule has 4 aliphatic rings. The van der Waals surface area contributed by atoms with Crippen LogP contribution in [-0.2, 0) is 4.79 Å². The average molecular weight is 360 g/mol. The highest BCUT2D eigenvalue weighted by Gasteiger charge is 2.58. The molecule has 8 unspecified atom stereocenters. The van der Waals surface area contributed by atoms with Crippen LogP contribution in [-0.4, -0.2) is 23.9 Å². The van der Waals surface area contributed by atoms with E-state index in [9.17, 15) is 4.79 Å². The van der Waals surface area contributed by atoms with Gasteiger partial charge >= 0.3 is 0 Å². The van der Waals surface area contributed by atoms with Gasteiger partial charge in [-0.2, -0.15) is 0 Å². The number of fused-ring (bicyclic) bond motifs is 5. The number of rotatable bonds is 3. The Kier molecular flexibility index (Phi) is 5.16. The lowest BCUT2D eigenvalue weighted by molar-refractivity contribution is -0.142. The van der Waals surface area contributed by atoms with Crippen LogP contribution in [0.5, 0.6) is 0 Å². The van der Waals surface area contributed by atoms with Crippen LogP contribution in [0.2, 0.25) is 0 Å². The first kappa shape index (κ1) is 18.8. The van der Waals surface area contributed by atoms with E-state index in [1.165, 1.54) is 51.4 Å². The topological polar surface area (TPSA) is 20.3 Å². The Balaban J connectivity index is 1.52. The van der Waals surface area contributed by atoms with Crippen molar-refractivity contribution in [1.29, 1.82) is 0 Å². The second kappa shape index (κ2) is 7.13. The molecule has 1 amide bonds. The summed E-state index contributed by atoms with van der Waals surface area (Å²) < 4.78 is 0. The molecule has 0 radical (unpaired) electrons. The van der Waals surface area contributed by atoms with E-state index in [2.05, 4.69) is 32.6 Å². The Labute approximate surface area is 161 Å². The molecule has 148 valence electrons. The fourth-order valence-electron chi connectivity index (χ4n) is 8.25. The molecular formula is C24H41NO. The molecule has 4 fully saturated rings. The molecule has 0 aliphatic heterocycles. The smallest absolute Gasteiger partial charge is 0.226 e. The van der Waals surface area contributed by atoms with Gasteiger partial charge in [-0.25, -0.2) is 0 Å². The molecule has 26 heavy (non-hydrogen) atoms. The van der Waals surface area contributed by atoms with Crippen molar-refractivity contribution in [2.45, 2.75) is 85.5 Å². The molecule has 0 saturated heterocycles.